The van der Waals surface area contributed by atoms with Crippen molar-refractivity contribution < 1.29 is 115 Å². The molecule has 0 atom stereocenters. The van der Waals surface area contributed by atoms with Gasteiger partial charge in [-0.3, -0.25) is 0 Å². The molecular weight excluding hydrogens is 304 g/mol. The zero-order valence-corrected chi connectivity index (χ0v) is 11.7. The molecule has 0 aliphatic rings. The number of rotatable bonds is 0. The third-order valence-electron chi connectivity index (χ3n) is 0. The van der Waals surface area contributed by atoms with E-state index in [0.717, 1.165) is 0 Å². The Morgan fingerprint density at radius 3 is 0.500 bits per heavy atom. The van der Waals surface area contributed by atoms with Crippen molar-refractivity contribution in [2.45, 2.75) is 0 Å². The van der Waals surface area contributed by atoms with Gasteiger partial charge in [0, 0.05) is 0 Å². The summed E-state index contributed by atoms with van der Waals surface area (Å²) in [4.78, 5) is 0. The molecule has 0 nitrogen and oxygen atoms in total. The summed E-state index contributed by atoms with van der Waals surface area (Å²) in [6.07, 6.45) is 0. The van der Waals surface area contributed by atoms with Crippen molar-refractivity contribution in [1.82, 2.24) is 0 Å². The summed E-state index contributed by atoms with van der Waals surface area (Å²) < 4.78 is 0. The fraction of sp³-hybridized carbons (Fsp3) is 0. The van der Waals surface area contributed by atoms with Gasteiger partial charge in [0.1, 0.15) is 0 Å². The second-order valence-corrected chi connectivity index (χ2v) is 0. The van der Waals surface area contributed by atoms with Crippen LogP contribution in [0.4, 0.5) is 0 Å². The number of halogens is 4. The van der Waals surface area contributed by atoms with Gasteiger partial charge in [0.2, 0.25) is 0 Å². The monoisotopic (exact) mass is 302 g/mol. The molecule has 0 radical (unpaired) electrons. The Bertz CT molecular complexity index is 7.51. The quantitative estimate of drug-likeness (QED) is 0.390. The first kappa shape index (κ1) is 58.0. The van der Waals surface area contributed by atoms with Crippen LogP contribution in [0.3, 0.4) is 0 Å². The molecule has 6 heavy (non-hydrogen) atoms. The Morgan fingerprint density at radius 2 is 0.500 bits per heavy atom. The minimum atomic E-state index is 0. The van der Waals surface area contributed by atoms with Crippen molar-refractivity contribution in [1.29, 1.82) is 0 Å². The van der Waals surface area contributed by atoms with Gasteiger partial charge in [-0.1, -0.05) is 0 Å². The van der Waals surface area contributed by atoms with Gasteiger partial charge < -0.3 is 49.6 Å². The van der Waals surface area contributed by atoms with Crippen molar-refractivity contribution in [2.24, 2.45) is 0 Å². The van der Waals surface area contributed by atoms with Crippen molar-refractivity contribution >= 4 is 0 Å². The van der Waals surface area contributed by atoms with Crippen LogP contribution in [0.15, 0.2) is 0 Å². The molecule has 0 bridgehead atoms. The van der Waals surface area contributed by atoms with Gasteiger partial charge in [0.05, 0.1) is 0 Å². The Morgan fingerprint density at radius 1 is 0.500 bits per heavy atom. The van der Waals surface area contributed by atoms with E-state index in [-0.39, 0.29) is 115 Å². The van der Waals surface area contributed by atoms with Gasteiger partial charge in [-0.15, -0.1) is 0 Å². The third-order valence-corrected chi connectivity index (χ3v) is 0. The minimum Gasteiger partial charge on any atom is -1.00 e. The molecule has 0 spiro atoms. The maximum Gasteiger partial charge on any atom is 3.00 e. The molecule has 0 aromatic carbocycles. The molecule has 0 aliphatic carbocycles. The van der Waals surface area contributed by atoms with Gasteiger partial charge in [0.25, 0.3) is 0 Å². The molecule has 6 heteroatoms. The first-order chi connectivity index (χ1) is 0. The summed E-state index contributed by atoms with van der Waals surface area (Å²) >= 11 is 0. The first-order valence-electron chi connectivity index (χ1n) is 0. The summed E-state index contributed by atoms with van der Waals surface area (Å²) in [6, 6.07) is 0. The molecule has 32 valence electrons. The van der Waals surface area contributed by atoms with Gasteiger partial charge in [0.15, 0.2) is 0 Å². The Balaban J connectivity index is 0. The molecule has 0 saturated heterocycles. The van der Waals surface area contributed by atoms with Crippen molar-refractivity contribution in [3.63, 3.8) is 0 Å². The van der Waals surface area contributed by atoms with Crippen LogP contribution < -0.4 is 79.2 Å². The molecule has 0 N–H and O–H groups in total. The Hall–Kier alpha value is 3.35. The summed E-state index contributed by atoms with van der Waals surface area (Å²) in [5.74, 6) is 0. The summed E-state index contributed by atoms with van der Waals surface area (Å²) in [7, 11) is 0. The van der Waals surface area contributed by atoms with Gasteiger partial charge >= 0.3 is 65.2 Å². The normalized spacial score (nSPS) is 0. The topological polar surface area (TPSA) is 0 Å². The molecule has 0 rings (SSSR count). The average Bonchev–Trinajstić information content (AvgIpc) is 0. The summed E-state index contributed by atoms with van der Waals surface area (Å²) in [5.41, 5.74) is 0. The molecule has 0 heterocycles. The van der Waals surface area contributed by atoms with E-state index in [1.165, 1.54) is 0 Å². The van der Waals surface area contributed by atoms with Crippen LogP contribution in [-0.4, -0.2) is 0 Å². The van der Waals surface area contributed by atoms with Crippen LogP contribution in [0.5, 0.6) is 0 Å². The van der Waals surface area contributed by atoms with E-state index >= 15 is 0 Å². The Kier molecular flexibility index (Phi) is 388. The zero-order chi connectivity index (χ0) is 0. The van der Waals surface area contributed by atoms with Crippen molar-refractivity contribution in [3.8, 4) is 0 Å². The molecule has 0 fully saturated rings. The predicted octanol–water partition coefficient (Wildman–Crippen LogP) is -15.0. The van der Waals surface area contributed by atoms with Crippen molar-refractivity contribution in [2.75, 3.05) is 0 Å². The van der Waals surface area contributed by atoms with Gasteiger partial charge in [-0.2, -0.15) is 0 Å². The first-order valence-corrected chi connectivity index (χ1v) is 0. The van der Waals surface area contributed by atoms with E-state index in [2.05, 4.69) is 0 Å². The van der Waals surface area contributed by atoms with Crippen LogP contribution in [-0.2, 0) is 0 Å². The second-order valence-electron chi connectivity index (χ2n) is 0. The molecule has 0 aliphatic heterocycles. The molecule has 0 amide bonds. The van der Waals surface area contributed by atoms with Gasteiger partial charge in [-0.25, -0.2) is 0 Å². The van der Waals surface area contributed by atoms with E-state index in [0.29, 0.717) is 0 Å². The van der Waals surface area contributed by atoms with Crippen molar-refractivity contribution in [3.05, 3.63) is 0 Å². The molecule has 0 aromatic rings. The largest absolute Gasteiger partial charge is 3.00 e. The summed E-state index contributed by atoms with van der Waals surface area (Å²) in [6.45, 7) is 0. The number of hydrogen-bond donors (Lipinski definition) is 0. The smallest absolute Gasteiger partial charge is 1.00 e. The fourth-order valence-electron chi connectivity index (χ4n) is 0. The van der Waals surface area contributed by atoms with Crippen LogP contribution in [0.2, 0.25) is 0 Å². The van der Waals surface area contributed by atoms with Gasteiger partial charge in [-0.05, 0) is 0 Å². The maximum absolute atomic E-state index is 0. The van der Waals surface area contributed by atoms with E-state index < -0.39 is 0 Å². The predicted molar refractivity (Wildman–Crippen MR) is 0 cm³/mol. The zero-order valence-electron chi connectivity index (χ0n) is 3.09. The van der Waals surface area contributed by atoms with E-state index in [4.69, 9.17) is 0 Å². The SMILES string of the molecule is [Cl-].[Cl-].[Cl-].[Cl-].[La+3].[Na+]. The minimum absolute atomic E-state index is 0. The van der Waals surface area contributed by atoms with E-state index in [1.807, 2.05) is 0 Å². The third kappa shape index (κ3) is 26.4. The Labute approximate surface area is 112 Å². The molecule has 0 unspecified atom stereocenters. The number of hydrogen-bond acceptors (Lipinski definition) is 0. The maximum atomic E-state index is 0. The molecular formula is Cl4LaNa. The summed E-state index contributed by atoms with van der Waals surface area (Å²) in [5, 5.41) is 0. The fourth-order valence-corrected chi connectivity index (χ4v) is 0. The van der Waals surface area contributed by atoms with Crippen LogP contribution in [0.25, 0.3) is 0 Å². The van der Waals surface area contributed by atoms with E-state index in [9.17, 15) is 0 Å². The van der Waals surface area contributed by atoms with Crippen LogP contribution in [0, 0.1) is 35.6 Å². The second kappa shape index (κ2) is 40.2. The molecule has 0 aromatic heterocycles. The standard InChI is InChI=1S/4ClH.La.Na/h4*1H;;/q;;;;+3;+1/p-4. The van der Waals surface area contributed by atoms with Crippen LogP contribution >= 0.6 is 0 Å². The molecule has 0 saturated carbocycles. The average molecular weight is 304 g/mol. The van der Waals surface area contributed by atoms with E-state index in [1.54, 1.807) is 0 Å². The van der Waals surface area contributed by atoms with Crippen LogP contribution in [0.1, 0.15) is 0 Å².